The van der Waals surface area contributed by atoms with Crippen LogP contribution in [0, 0.1) is 13.8 Å². The summed E-state index contributed by atoms with van der Waals surface area (Å²) in [5, 5.41) is 11.2. The molecule has 0 aliphatic rings. The van der Waals surface area contributed by atoms with Crippen molar-refractivity contribution in [3.63, 3.8) is 0 Å². The van der Waals surface area contributed by atoms with Gasteiger partial charge in [-0.25, -0.2) is 19.6 Å². The van der Waals surface area contributed by atoms with E-state index in [4.69, 9.17) is 0 Å². The molecule has 0 saturated heterocycles. The number of hydrogen-bond donors (Lipinski definition) is 2. The number of hydrogen-bond acceptors (Lipinski definition) is 6. The maximum Gasteiger partial charge on any atom is 0.347 e. The average molecular weight is 327 g/mol. The lowest BCUT2D eigenvalue weighted by atomic mass is 10.4. The summed E-state index contributed by atoms with van der Waals surface area (Å²) in [6.07, 6.45) is 1.53. The predicted octanol–water partition coefficient (Wildman–Crippen LogP) is 0.314. The summed E-state index contributed by atoms with van der Waals surface area (Å²) in [7, 11) is -4.05. The highest BCUT2D eigenvalue weighted by molar-refractivity contribution is 7.90. The molecule has 11 heteroatoms. The molecule has 0 radical (unpaired) electrons. The molecule has 120 valence electrons. The summed E-state index contributed by atoms with van der Waals surface area (Å²) in [5.74, 6) is 0.850. The molecule has 0 aromatic carbocycles. The monoisotopic (exact) mass is 327 g/mol. The van der Waals surface area contributed by atoms with E-state index in [1.165, 1.54) is 21.6 Å². The Labute approximate surface area is 127 Å². The first-order chi connectivity index (χ1) is 10.2. The fourth-order valence-electron chi connectivity index (χ4n) is 1.68. The smallest absolute Gasteiger partial charge is 0.269 e. The Balaban J connectivity index is 2.12. The lowest BCUT2D eigenvalue weighted by molar-refractivity contribution is 0.253. The van der Waals surface area contributed by atoms with E-state index in [0.717, 1.165) is 0 Å². The van der Waals surface area contributed by atoms with Gasteiger partial charge < -0.3 is 0 Å². The Morgan fingerprint density at radius 2 is 1.82 bits per heavy atom. The first-order valence-corrected chi connectivity index (χ1v) is 7.96. The number of carbonyl (C=O) groups excluding carboxylic acids is 1. The molecule has 2 amide bonds. The van der Waals surface area contributed by atoms with Gasteiger partial charge in [-0.1, -0.05) is 0 Å². The van der Waals surface area contributed by atoms with E-state index in [9.17, 15) is 13.2 Å². The topological polar surface area (TPSA) is 124 Å². The molecule has 0 spiro atoms. The van der Waals surface area contributed by atoms with Crippen molar-refractivity contribution in [3.8, 4) is 0 Å². The summed E-state index contributed by atoms with van der Waals surface area (Å²) >= 11 is 0. The predicted molar refractivity (Wildman–Crippen MR) is 77.2 cm³/mol. The molecular weight excluding hydrogens is 310 g/mol. The van der Waals surface area contributed by atoms with Gasteiger partial charge >= 0.3 is 6.03 Å². The SMILES string of the molecule is Cc1nnc(C)n1NC(=O)NS(=O)(=O)c1ccn(C(C)C)n1. The Morgan fingerprint density at radius 1 is 1.23 bits per heavy atom. The van der Waals surface area contributed by atoms with E-state index in [1.807, 2.05) is 18.6 Å². The highest BCUT2D eigenvalue weighted by Crippen LogP contribution is 2.09. The van der Waals surface area contributed by atoms with Crippen molar-refractivity contribution < 1.29 is 13.2 Å². The number of aryl methyl sites for hydroxylation is 2. The minimum Gasteiger partial charge on any atom is -0.269 e. The lowest BCUT2D eigenvalue weighted by Crippen LogP contribution is -2.39. The van der Waals surface area contributed by atoms with Crippen LogP contribution in [0.1, 0.15) is 31.5 Å². The Hall–Kier alpha value is -2.43. The largest absolute Gasteiger partial charge is 0.347 e. The average Bonchev–Trinajstić information content (AvgIpc) is 3.01. The molecule has 0 bridgehead atoms. The van der Waals surface area contributed by atoms with Crippen molar-refractivity contribution in [1.29, 1.82) is 0 Å². The third-order valence-corrected chi connectivity index (χ3v) is 4.04. The lowest BCUT2D eigenvalue weighted by Gasteiger charge is -2.09. The molecule has 0 aliphatic heterocycles. The normalized spacial score (nSPS) is 11.7. The van der Waals surface area contributed by atoms with E-state index >= 15 is 0 Å². The van der Waals surface area contributed by atoms with E-state index in [2.05, 4.69) is 20.7 Å². The van der Waals surface area contributed by atoms with Gasteiger partial charge in [-0.05, 0) is 33.8 Å². The second-order valence-electron chi connectivity index (χ2n) is 4.90. The first kappa shape index (κ1) is 15.9. The molecule has 2 rings (SSSR count). The molecule has 2 heterocycles. The molecule has 2 N–H and O–H groups in total. The maximum atomic E-state index is 12.1. The molecular formula is C11H17N7O3S. The van der Waals surface area contributed by atoms with Crippen molar-refractivity contribution >= 4 is 16.1 Å². The van der Waals surface area contributed by atoms with Crippen LogP contribution in [-0.2, 0) is 10.0 Å². The molecule has 0 atom stereocenters. The van der Waals surface area contributed by atoms with Crippen LogP contribution in [-0.4, -0.2) is 39.1 Å². The van der Waals surface area contributed by atoms with Crippen molar-refractivity contribution in [2.75, 3.05) is 5.43 Å². The summed E-state index contributed by atoms with van der Waals surface area (Å²) in [6, 6.07) is 0.412. The van der Waals surface area contributed by atoms with Crippen molar-refractivity contribution in [3.05, 3.63) is 23.9 Å². The molecule has 0 aliphatic carbocycles. The highest BCUT2D eigenvalue weighted by Gasteiger charge is 2.21. The van der Waals surface area contributed by atoms with Crippen LogP contribution in [0.3, 0.4) is 0 Å². The van der Waals surface area contributed by atoms with E-state index < -0.39 is 16.1 Å². The van der Waals surface area contributed by atoms with Crippen LogP contribution >= 0.6 is 0 Å². The Bertz CT molecular complexity index is 771. The minimum atomic E-state index is -4.05. The van der Waals surface area contributed by atoms with Crippen LogP contribution in [0.4, 0.5) is 4.79 Å². The van der Waals surface area contributed by atoms with Crippen molar-refractivity contribution in [1.82, 2.24) is 29.4 Å². The van der Waals surface area contributed by atoms with Gasteiger partial charge in [-0.3, -0.25) is 4.68 Å². The number of carbonyl (C=O) groups is 1. The second-order valence-corrected chi connectivity index (χ2v) is 6.53. The van der Waals surface area contributed by atoms with Gasteiger partial charge in [-0.15, -0.1) is 10.2 Å². The van der Waals surface area contributed by atoms with Crippen molar-refractivity contribution in [2.24, 2.45) is 0 Å². The van der Waals surface area contributed by atoms with Crippen LogP contribution < -0.4 is 10.1 Å². The first-order valence-electron chi connectivity index (χ1n) is 6.48. The molecule has 0 unspecified atom stereocenters. The van der Waals surface area contributed by atoms with Gasteiger partial charge in [-0.2, -0.15) is 13.5 Å². The van der Waals surface area contributed by atoms with Crippen LogP contribution in [0.2, 0.25) is 0 Å². The van der Waals surface area contributed by atoms with Gasteiger partial charge in [0.25, 0.3) is 10.0 Å². The molecule has 2 aromatic rings. The molecule has 0 saturated carbocycles. The van der Waals surface area contributed by atoms with Gasteiger partial charge in [0.2, 0.25) is 0 Å². The zero-order valence-corrected chi connectivity index (χ0v) is 13.4. The number of urea groups is 1. The zero-order valence-electron chi connectivity index (χ0n) is 12.6. The minimum absolute atomic E-state index is 0.0140. The van der Waals surface area contributed by atoms with Crippen LogP contribution in [0.15, 0.2) is 17.3 Å². The quantitative estimate of drug-likeness (QED) is 0.833. The molecule has 0 fully saturated rings. The van der Waals surface area contributed by atoms with E-state index in [1.54, 1.807) is 13.8 Å². The standard InChI is InChI=1S/C11H17N7O3S/c1-7(2)17-6-5-10(14-17)22(20,21)16-11(19)15-18-8(3)12-13-9(18)4/h5-7H,1-4H3,(H2,15,16,19). The van der Waals surface area contributed by atoms with Crippen LogP contribution in [0.5, 0.6) is 0 Å². The molecule has 2 aromatic heterocycles. The zero-order chi connectivity index (χ0) is 16.5. The molecule has 22 heavy (non-hydrogen) atoms. The third kappa shape index (κ3) is 3.24. The summed E-state index contributed by atoms with van der Waals surface area (Å²) in [4.78, 5) is 11.8. The van der Waals surface area contributed by atoms with Gasteiger partial charge in [0, 0.05) is 12.2 Å². The summed E-state index contributed by atoms with van der Waals surface area (Å²) < 4.78 is 28.8. The summed E-state index contributed by atoms with van der Waals surface area (Å²) in [6.45, 7) is 6.97. The Kier molecular flexibility index (Phi) is 4.17. The number of nitrogens with zero attached hydrogens (tertiary/aromatic N) is 5. The number of amides is 2. The van der Waals surface area contributed by atoms with Crippen molar-refractivity contribution in [2.45, 2.75) is 38.8 Å². The van der Waals surface area contributed by atoms with Gasteiger partial charge in [0.05, 0.1) is 0 Å². The van der Waals surface area contributed by atoms with E-state index in [-0.39, 0.29) is 11.1 Å². The number of rotatable bonds is 4. The van der Waals surface area contributed by atoms with E-state index in [0.29, 0.717) is 11.6 Å². The highest BCUT2D eigenvalue weighted by atomic mass is 32.2. The molecule has 10 nitrogen and oxygen atoms in total. The fourth-order valence-corrected chi connectivity index (χ4v) is 2.52. The van der Waals surface area contributed by atoms with Gasteiger partial charge in [0.1, 0.15) is 11.6 Å². The van der Waals surface area contributed by atoms with Crippen LogP contribution in [0.25, 0.3) is 0 Å². The Morgan fingerprint density at radius 3 is 2.32 bits per heavy atom. The third-order valence-electron chi connectivity index (χ3n) is 2.82. The number of aromatic nitrogens is 5. The number of nitrogens with one attached hydrogen (secondary N) is 2. The maximum absolute atomic E-state index is 12.1. The second kappa shape index (κ2) is 5.75. The number of sulfonamides is 1. The fraction of sp³-hybridized carbons (Fsp3) is 0.455. The summed E-state index contributed by atoms with van der Waals surface area (Å²) in [5.41, 5.74) is 2.34. The van der Waals surface area contributed by atoms with Gasteiger partial charge in [0.15, 0.2) is 5.03 Å².